The lowest BCUT2D eigenvalue weighted by Gasteiger charge is -2.21. The highest BCUT2D eigenvalue weighted by Gasteiger charge is 2.26. The van der Waals surface area contributed by atoms with Crippen molar-refractivity contribution in [1.82, 2.24) is 10.0 Å². The van der Waals surface area contributed by atoms with E-state index in [9.17, 15) is 9.59 Å². The minimum Gasteiger partial charge on any atom is -0.273 e. The molecular weight excluding hydrogens is 132 g/mol. The van der Waals surface area contributed by atoms with Gasteiger partial charge in [-0.05, 0) is 0 Å². The fourth-order valence-electron chi connectivity index (χ4n) is 1.02. The van der Waals surface area contributed by atoms with Crippen LogP contribution in [-0.4, -0.2) is 35.4 Å². The van der Waals surface area contributed by atoms with Gasteiger partial charge in [0.05, 0.1) is 6.54 Å². The maximum absolute atomic E-state index is 10.8. The van der Waals surface area contributed by atoms with Crippen molar-refractivity contribution in [3.8, 4) is 0 Å². The zero-order chi connectivity index (χ0) is 7.72. The predicted molar refractivity (Wildman–Crippen MR) is 34.8 cm³/mol. The lowest BCUT2D eigenvalue weighted by Crippen LogP contribution is -2.38. The van der Waals surface area contributed by atoms with Gasteiger partial charge in [-0.2, -0.15) is 0 Å². The van der Waals surface area contributed by atoms with Gasteiger partial charge in [0.25, 0.3) is 0 Å². The Morgan fingerprint density at radius 3 is 2.40 bits per heavy atom. The number of nitrogens with zero attached hydrogens (tertiary/aromatic N) is 2. The Labute approximate surface area is 59.4 Å². The molecule has 0 radical (unpaired) electrons. The topological polar surface area (TPSA) is 40.6 Å². The van der Waals surface area contributed by atoms with Gasteiger partial charge in [0.2, 0.25) is 11.8 Å². The molecular formula is C6H10N2O2. The molecule has 0 aliphatic carbocycles. The summed E-state index contributed by atoms with van der Waals surface area (Å²) in [4.78, 5) is 21.6. The highest BCUT2D eigenvalue weighted by atomic mass is 16.2. The van der Waals surface area contributed by atoms with Crippen molar-refractivity contribution in [3.05, 3.63) is 0 Å². The third kappa shape index (κ3) is 0.964. The summed E-state index contributed by atoms with van der Waals surface area (Å²) in [6.45, 7) is 1.99. The van der Waals surface area contributed by atoms with Gasteiger partial charge >= 0.3 is 0 Å². The maximum Gasteiger partial charge on any atom is 0.242 e. The molecule has 4 nitrogen and oxygen atoms in total. The number of carbonyl (C=O) groups excluding carboxylic acids is 2. The molecule has 4 heteroatoms. The zero-order valence-electron chi connectivity index (χ0n) is 6.13. The van der Waals surface area contributed by atoms with Gasteiger partial charge in [0.1, 0.15) is 0 Å². The standard InChI is InChI=1S/C6H10N2O2/c1-5(9)8-4-3-6(10)7(8)2/h3-4H2,1-2H3. The van der Waals surface area contributed by atoms with E-state index in [1.54, 1.807) is 7.05 Å². The third-order valence-corrected chi connectivity index (χ3v) is 1.62. The first kappa shape index (κ1) is 7.05. The summed E-state index contributed by atoms with van der Waals surface area (Å²) in [6, 6.07) is 0. The van der Waals surface area contributed by atoms with Crippen LogP contribution in [0.3, 0.4) is 0 Å². The van der Waals surface area contributed by atoms with E-state index in [1.807, 2.05) is 0 Å². The molecule has 1 fully saturated rings. The number of carbonyl (C=O) groups is 2. The smallest absolute Gasteiger partial charge is 0.242 e. The lowest BCUT2D eigenvalue weighted by atomic mass is 10.4. The van der Waals surface area contributed by atoms with E-state index < -0.39 is 0 Å². The second-order valence-electron chi connectivity index (χ2n) is 2.31. The molecule has 0 unspecified atom stereocenters. The minimum absolute atomic E-state index is 0.00944. The molecule has 1 aliphatic heterocycles. The van der Waals surface area contributed by atoms with Crippen LogP contribution in [0.2, 0.25) is 0 Å². The van der Waals surface area contributed by atoms with Crippen LogP contribution < -0.4 is 0 Å². The number of hydrogen-bond donors (Lipinski definition) is 0. The Morgan fingerprint density at radius 1 is 1.60 bits per heavy atom. The van der Waals surface area contributed by atoms with Gasteiger partial charge in [0, 0.05) is 20.4 Å². The first-order valence-corrected chi connectivity index (χ1v) is 3.17. The summed E-state index contributed by atoms with van der Waals surface area (Å²) in [5.41, 5.74) is 0. The summed E-state index contributed by atoms with van der Waals surface area (Å²) in [5.74, 6) is -0.0662. The van der Waals surface area contributed by atoms with Crippen molar-refractivity contribution < 1.29 is 9.59 Å². The summed E-state index contributed by atoms with van der Waals surface area (Å²) in [5, 5.41) is 2.80. The highest BCUT2D eigenvalue weighted by molar-refractivity contribution is 5.84. The van der Waals surface area contributed by atoms with Crippen LogP contribution in [0.1, 0.15) is 13.3 Å². The number of rotatable bonds is 0. The first-order chi connectivity index (χ1) is 4.63. The molecule has 10 heavy (non-hydrogen) atoms. The molecule has 2 amide bonds. The Bertz CT molecular complexity index is 179. The fraction of sp³-hybridized carbons (Fsp3) is 0.667. The zero-order valence-corrected chi connectivity index (χ0v) is 6.13. The van der Waals surface area contributed by atoms with E-state index in [0.29, 0.717) is 13.0 Å². The quantitative estimate of drug-likeness (QED) is 0.462. The SMILES string of the molecule is CC(=O)N1CCC(=O)N1C. The van der Waals surface area contributed by atoms with E-state index in [1.165, 1.54) is 16.9 Å². The van der Waals surface area contributed by atoms with Crippen LogP contribution in [-0.2, 0) is 9.59 Å². The van der Waals surface area contributed by atoms with Crippen molar-refractivity contribution in [3.63, 3.8) is 0 Å². The lowest BCUT2D eigenvalue weighted by molar-refractivity contribution is -0.149. The Kier molecular flexibility index (Phi) is 1.61. The summed E-state index contributed by atoms with van der Waals surface area (Å²) in [7, 11) is 1.61. The van der Waals surface area contributed by atoms with Gasteiger partial charge in [-0.3, -0.25) is 19.6 Å². The molecule has 0 aromatic heterocycles. The second kappa shape index (κ2) is 2.28. The molecule has 0 aromatic rings. The highest BCUT2D eigenvalue weighted by Crippen LogP contribution is 2.08. The van der Waals surface area contributed by atoms with Gasteiger partial charge in [-0.1, -0.05) is 0 Å². The molecule has 0 spiro atoms. The van der Waals surface area contributed by atoms with Crippen LogP contribution in [0, 0.1) is 0 Å². The molecule has 1 heterocycles. The molecule has 56 valence electrons. The van der Waals surface area contributed by atoms with Crippen LogP contribution in [0.25, 0.3) is 0 Å². The summed E-state index contributed by atoms with van der Waals surface area (Å²) in [6.07, 6.45) is 0.454. The van der Waals surface area contributed by atoms with Crippen molar-refractivity contribution in [2.24, 2.45) is 0 Å². The third-order valence-electron chi connectivity index (χ3n) is 1.62. The van der Waals surface area contributed by atoms with Crippen molar-refractivity contribution >= 4 is 11.8 Å². The van der Waals surface area contributed by atoms with Crippen LogP contribution in [0.15, 0.2) is 0 Å². The summed E-state index contributed by atoms with van der Waals surface area (Å²) < 4.78 is 0. The largest absolute Gasteiger partial charge is 0.273 e. The monoisotopic (exact) mass is 142 g/mol. The van der Waals surface area contributed by atoms with Gasteiger partial charge in [-0.15, -0.1) is 0 Å². The second-order valence-corrected chi connectivity index (χ2v) is 2.31. The maximum atomic E-state index is 10.8. The van der Waals surface area contributed by atoms with E-state index >= 15 is 0 Å². The molecule has 0 bridgehead atoms. The molecule has 0 saturated carbocycles. The molecule has 1 aliphatic rings. The molecule has 0 N–H and O–H groups in total. The van der Waals surface area contributed by atoms with E-state index in [4.69, 9.17) is 0 Å². The molecule has 0 atom stereocenters. The van der Waals surface area contributed by atoms with Crippen molar-refractivity contribution in [2.45, 2.75) is 13.3 Å². The van der Waals surface area contributed by atoms with Crippen molar-refractivity contribution in [2.75, 3.05) is 13.6 Å². The van der Waals surface area contributed by atoms with Crippen LogP contribution >= 0.6 is 0 Å². The van der Waals surface area contributed by atoms with Gasteiger partial charge < -0.3 is 0 Å². The Morgan fingerprint density at radius 2 is 2.20 bits per heavy atom. The van der Waals surface area contributed by atoms with E-state index in [0.717, 1.165) is 0 Å². The Hall–Kier alpha value is -1.06. The number of hydrazine groups is 1. The van der Waals surface area contributed by atoms with Crippen LogP contribution in [0.5, 0.6) is 0 Å². The average molecular weight is 142 g/mol. The number of hydrogen-bond acceptors (Lipinski definition) is 2. The molecule has 1 rings (SSSR count). The van der Waals surface area contributed by atoms with Gasteiger partial charge in [-0.25, -0.2) is 0 Å². The van der Waals surface area contributed by atoms with Crippen molar-refractivity contribution in [1.29, 1.82) is 0 Å². The number of amides is 2. The fourth-order valence-corrected chi connectivity index (χ4v) is 1.02. The molecule has 0 aromatic carbocycles. The Balaban J connectivity index is 2.66. The minimum atomic E-state index is -0.0756. The normalized spacial score (nSPS) is 18.4. The van der Waals surface area contributed by atoms with E-state index in [-0.39, 0.29) is 11.8 Å². The van der Waals surface area contributed by atoms with Gasteiger partial charge in [0.15, 0.2) is 0 Å². The average Bonchev–Trinajstić information content (AvgIpc) is 2.14. The van der Waals surface area contributed by atoms with Crippen LogP contribution in [0.4, 0.5) is 0 Å². The molecule has 1 saturated heterocycles. The predicted octanol–water partition coefficient (Wildman–Crippen LogP) is -0.388. The first-order valence-electron chi connectivity index (χ1n) is 3.17. The van der Waals surface area contributed by atoms with E-state index in [2.05, 4.69) is 0 Å². The summed E-state index contributed by atoms with van der Waals surface area (Å²) >= 11 is 0.